The molecule has 2 rings (SSSR count). The lowest BCUT2D eigenvalue weighted by Gasteiger charge is -2.32. The van der Waals surface area contributed by atoms with Crippen molar-refractivity contribution in [2.75, 3.05) is 19.8 Å². The Labute approximate surface area is 122 Å². The van der Waals surface area contributed by atoms with E-state index in [0.717, 1.165) is 12.3 Å². The molecule has 0 radical (unpaired) electrons. The van der Waals surface area contributed by atoms with Gasteiger partial charge in [0, 0.05) is 38.5 Å². The van der Waals surface area contributed by atoms with Gasteiger partial charge in [-0.05, 0) is 12.3 Å². The maximum absolute atomic E-state index is 12.1. The van der Waals surface area contributed by atoms with E-state index in [4.69, 9.17) is 4.74 Å². The first-order valence-electron chi connectivity index (χ1n) is 8.17. The maximum Gasteiger partial charge on any atom is 0.222 e. The second-order valence-electron chi connectivity index (χ2n) is 6.70. The number of amides is 1. The van der Waals surface area contributed by atoms with Gasteiger partial charge in [0.2, 0.25) is 5.91 Å². The van der Waals surface area contributed by atoms with Crippen LogP contribution in [-0.2, 0) is 9.53 Å². The molecule has 1 atom stereocenters. The van der Waals surface area contributed by atoms with Crippen LogP contribution in [0.2, 0.25) is 0 Å². The van der Waals surface area contributed by atoms with Gasteiger partial charge in [-0.25, -0.2) is 0 Å². The normalized spacial score (nSPS) is 25.1. The van der Waals surface area contributed by atoms with Crippen molar-refractivity contribution in [1.82, 2.24) is 5.32 Å². The van der Waals surface area contributed by atoms with Crippen molar-refractivity contribution in [1.29, 1.82) is 0 Å². The summed E-state index contributed by atoms with van der Waals surface area (Å²) in [6.45, 7) is 3.55. The summed E-state index contributed by atoms with van der Waals surface area (Å²) in [7, 11) is 0. The number of hydrogen-bond donors (Lipinski definition) is 2. The highest BCUT2D eigenvalue weighted by atomic mass is 16.5. The number of ether oxygens (including phenoxy) is 1. The lowest BCUT2D eigenvalue weighted by atomic mass is 9.83. The summed E-state index contributed by atoms with van der Waals surface area (Å²) >= 11 is 0. The Kier molecular flexibility index (Phi) is 5.85. The van der Waals surface area contributed by atoms with Gasteiger partial charge in [0.1, 0.15) is 0 Å². The highest BCUT2D eigenvalue weighted by Gasteiger charge is 2.31. The van der Waals surface area contributed by atoms with E-state index in [9.17, 15) is 9.90 Å². The van der Waals surface area contributed by atoms with E-state index in [1.807, 2.05) is 6.92 Å². The monoisotopic (exact) mass is 283 g/mol. The molecule has 0 aromatic rings. The number of aliphatic hydroxyl groups is 1. The Morgan fingerprint density at radius 2 is 1.95 bits per heavy atom. The minimum Gasteiger partial charge on any atom is -0.388 e. The molecule has 0 aromatic carbocycles. The van der Waals surface area contributed by atoms with E-state index >= 15 is 0 Å². The molecule has 1 unspecified atom stereocenters. The summed E-state index contributed by atoms with van der Waals surface area (Å²) in [4.78, 5) is 12.1. The zero-order chi connectivity index (χ0) is 14.4. The molecule has 1 amide bonds. The lowest BCUT2D eigenvalue weighted by molar-refractivity contribution is -0.127. The van der Waals surface area contributed by atoms with E-state index in [0.29, 0.717) is 32.6 Å². The van der Waals surface area contributed by atoms with Crippen LogP contribution in [0.1, 0.15) is 58.3 Å². The zero-order valence-corrected chi connectivity index (χ0v) is 12.7. The van der Waals surface area contributed by atoms with Crippen molar-refractivity contribution in [3.63, 3.8) is 0 Å². The van der Waals surface area contributed by atoms with Gasteiger partial charge in [-0.3, -0.25) is 4.79 Å². The third kappa shape index (κ3) is 4.74. The van der Waals surface area contributed by atoms with Gasteiger partial charge in [0.25, 0.3) is 0 Å². The van der Waals surface area contributed by atoms with Crippen LogP contribution < -0.4 is 5.32 Å². The molecule has 1 aliphatic heterocycles. The Morgan fingerprint density at radius 3 is 2.60 bits per heavy atom. The molecular weight excluding hydrogens is 254 g/mol. The molecule has 1 saturated heterocycles. The summed E-state index contributed by atoms with van der Waals surface area (Å²) in [5.41, 5.74) is -0.765. The van der Waals surface area contributed by atoms with Crippen LogP contribution >= 0.6 is 0 Å². The summed E-state index contributed by atoms with van der Waals surface area (Å²) in [6.07, 6.45) is 8.77. The van der Waals surface area contributed by atoms with E-state index in [-0.39, 0.29) is 11.8 Å². The van der Waals surface area contributed by atoms with Gasteiger partial charge in [-0.15, -0.1) is 0 Å². The van der Waals surface area contributed by atoms with Crippen LogP contribution in [0.5, 0.6) is 0 Å². The minimum absolute atomic E-state index is 0.0570. The molecule has 20 heavy (non-hydrogen) atoms. The molecule has 1 heterocycles. The number of nitrogens with one attached hydrogen (secondary N) is 1. The highest BCUT2D eigenvalue weighted by Crippen LogP contribution is 2.29. The number of rotatable bonds is 5. The molecule has 1 aliphatic carbocycles. The summed E-state index contributed by atoms with van der Waals surface area (Å²) < 4.78 is 5.25. The van der Waals surface area contributed by atoms with E-state index in [1.165, 1.54) is 32.1 Å². The molecule has 0 bridgehead atoms. The van der Waals surface area contributed by atoms with Crippen molar-refractivity contribution < 1.29 is 14.6 Å². The van der Waals surface area contributed by atoms with Gasteiger partial charge in [0.05, 0.1) is 5.60 Å². The standard InChI is InChI=1S/C16H29NO3/c1-13(11-14-5-3-2-4-6-14)15(18)17-12-16(19)7-9-20-10-8-16/h13-14,19H,2-12H2,1H3,(H,17,18). The molecule has 116 valence electrons. The predicted octanol–water partition coefficient (Wildman–Crippen LogP) is 2.25. The summed E-state index contributed by atoms with van der Waals surface area (Å²) in [5.74, 6) is 0.868. The zero-order valence-electron chi connectivity index (χ0n) is 12.7. The minimum atomic E-state index is -0.765. The molecule has 0 spiro atoms. The Balaban J connectivity index is 1.70. The second-order valence-corrected chi connectivity index (χ2v) is 6.70. The van der Waals surface area contributed by atoms with Crippen LogP contribution in [0, 0.1) is 11.8 Å². The summed E-state index contributed by atoms with van der Waals surface area (Å²) in [6, 6.07) is 0. The number of hydrogen-bond acceptors (Lipinski definition) is 3. The SMILES string of the molecule is CC(CC1CCCCC1)C(=O)NCC1(O)CCOCC1. The molecule has 4 heteroatoms. The van der Waals surface area contributed by atoms with Crippen LogP contribution in [0.4, 0.5) is 0 Å². The Hall–Kier alpha value is -0.610. The fraction of sp³-hybridized carbons (Fsp3) is 0.938. The predicted molar refractivity (Wildman–Crippen MR) is 78.4 cm³/mol. The first kappa shape index (κ1) is 15.8. The molecule has 4 nitrogen and oxygen atoms in total. The first-order chi connectivity index (χ1) is 9.59. The van der Waals surface area contributed by atoms with Gasteiger partial charge < -0.3 is 15.2 Å². The Bertz CT molecular complexity index is 307. The molecular formula is C16H29NO3. The number of carbonyl (C=O) groups excluding carboxylic acids is 1. The highest BCUT2D eigenvalue weighted by molar-refractivity contribution is 5.78. The van der Waals surface area contributed by atoms with Crippen LogP contribution in [0.15, 0.2) is 0 Å². The second kappa shape index (κ2) is 7.41. The van der Waals surface area contributed by atoms with Crippen LogP contribution in [-0.4, -0.2) is 36.4 Å². The molecule has 2 N–H and O–H groups in total. The molecule has 2 aliphatic rings. The molecule has 2 fully saturated rings. The van der Waals surface area contributed by atoms with E-state index in [1.54, 1.807) is 0 Å². The van der Waals surface area contributed by atoms with Crippen molar-refractivity contribution >= 4 is 5.91 Å². The average Bonchev–Trinajstić information content (AvgIpc) is 2.46. The van der Waals surface area contributed by atoms with Gasteiger partial charge in [-0.2, -0.15) is 0 Å². The fourth-order valence-electron chi connectivity index (χ4n) is 3.38. The number of carbonyl (C=O) groups is 1. The topological polar surface area (TPSA) is 58.6 Å². The van der Waals surface area contributed by atoms with Crippen molar-refractivity contribution in [2.24, 2.45) is 11.8 Å². The van der Waals surface area contributed by atoms with E-state index in [2.05, 4.69) is 5.32 Å². The van der Waals surface area contributed by atoms with Crippen molar-refractivity contribution in [2.45, 2.75) is 63.9 Å². The van der Waals surface area contributed by atoms with Crippen molar-refractivity contribution in [3.8, 4) is 0 Å². The van der Waals surface area contributed by atoms with E-state index < -0.39 is 5.60 Å². The van der Waals surface area contributed by atoms with Gasteiger partial charge in [0.15, 0.2) is 0 Å². The third-order valence-corrected chi connectivity index (χ3v) is 4.87. The maximum atomic E-state index is 12.1. The van der Waals surface area contributed by atoms with Crippen LogP contribution in [0.3, 0.4) is 0 Å². The lowest BCUT2D eigenvalue weighted by Crippen LogP contribution is -2.47. The molecule has 1 saturated carbocycles. The largest absolute Gasteiger partial charge is 0.388 e. The third-order valence-electron chi connectivity index (χ3n) is 4.87. The average molecular weight is 283 g/mol. The fourth-order valence-corrected chi connectivity index (χ4v) is 3.38. The summed E-state index contributed by atoms with van der Waals surface area (Å²) in [5, 5.41) is 13.3. The smallest absolute Gasteiger partial charge is 0.222 e. The van der Waals surface area contributed by atoms with Gasteiger partial charge in [-0.1, -0.05) is 39.0 Å². The van der Waals surface area contributed by atoms with Crippen LogP contribution in [0.25, 0.3) is 0 Å². The quantitative estimate of drug-likeness (QED) is 0.813. The first-order valence-corrected chi connectivity index (χ1v) is 8.17. The van der Waals surface area contributed by atoms with Gasteiger partial charge >= 0.3 is 0 Å². The Morgan fingerprint density at radius 1 is 1.30 bits per heavy atom. The van der Waals surface area contributed by atoms with Crippen molar-refractivity contribution in [3.05, 3.63) is 0 Å². The molecule has 0 aromatic heterocycles.